The minimum atomic E-state index is -0.574. The van der Waals surface area contributed by atoms with Gasteiger partial charge in [0.2, 0.25) is 0 Å². The van der Waals surface area contributed by atoms with Gasteiger partial charge in [0.15, 0.2) is 0 Å². The van der Waals surface area contributed by atoms with Gasteiger partial charge in [0.25, 0.3) is 0 Å². The van der Waals surface area contributed by atoms with Crippen LogP contribution in [0.4, 0.5) is 17.1 Å². The van der Waals surface area contributed by atoms with Gasteiger partial charge in [-0.1, -0.05) is 91.1 Å². The number of benzene rings is 3. The zero-order valence-electron chi connectivity index (χ0n) is 28.4. The molecule has 0 N–H and O–H groups in total. The Morgan fingerprint density at radius 2 is 1.49 bits per heavy atom. The highest BCUT2D eigenvalue weighted by Crippen LogP contribution is 2.54. The van der Waals surface area contributed by atoms with E-state index in [-0.39, 0.29) is 17.9 Å². The van der Waals surface area contributed by atoms with Gasteiger partial charge in [-0.2, -0.15) is 15.8 Å². The Morgan fingerprint density at radius 1 is 0.745 bits per heavy atom. The van der Waals surface area contributed by atoms with Crippen LogP contribution in [0.25, 0.3) is 5.57 Å². The van der Waals surface area contributed by atoms with Gasteiger partial charge in [-0.3, -0.25) is 0 Å². The van der Waals surface area contributed by atoms with Crippen LogP contribution in [0, 0.1) is 39.9 Å². The monoisotopic (exact) mass is 657 g/mol. The van der Waals surface area contributed by atoms with Crippen LogP contribution < -0.4 is 9.80 Å². The van der Waals surface area contributed by atoms with E-state index in [4.69, 9.17) is 0 Å². The summed E-state index contributed by atoms with van der Waals surface area (Å²) in [6.07, 6.45) is 23.5. The van der Waals surface area contributed by atoms with Crippen LogP contribution in [-0.2, 0) is 0 Å². The normalized spacial score (nSPS) is 26.8. The minimum absolute atomic E-state index is 0.0111. The third kappa shape index (κ3) is 4.58. The fourth-order valence-corrected chi connectivity index (χ4v) is 9.32. The minimum Gasteiger partial charge on any atom is -0.333 e. The Morgan fingerprint density at radius 3 is 2.25 bits per heavy atom. The molecule has 0 spiro atoms. The molecule has 0 saturated heterocycles. The summed E-state index contributed by atoms with van der Waals surface area (Å²) >= 11 is 0. The van der Waals surface area contributed by atoms with E-state index in [1.165, 1.54) is 22.5 Å². The van der Waals surface area contributed by atoms with E-state index in [1.54, 1.807) is 0 Å². The predicted molar refractivity (Wildman–Crippen MR) is 202 cm³/mol. The lowest BCUT2D eigenvalue weighted by atomic mass is 9.74. The van der Waals surface area contributed by atoms with Gasteiger partial charge in [0.05, 0.1) is 35.4 Å². The molecule has 0 fully saturated rings. The highest BCUT2D eigenvalue weighted by Gasteiger charge is 2.52. The molecule has 5 heteroatoms. The van der Waals surface area contributed by atoms with E-state index < -0.39 is 5.54 Å². The lowest BCUT2D eigenvalue weighted by Gasteiger charge is -2.42. The zero-order chi connectivity index (χ0) is 34.7. The molecule has 51 heavy (non-hydrogen) atoms. The van der Waals surface area contributed by atoms with Crippen molar-refractivity contribution >= 4 is 22.6 Å². The highest BCUT2D eigenvalue weighted by atomic mass is 15.2. The third-order valence-electron chi connectivity index (χ3n) is 11.7. The molecule has 9 rings (SSSR count). The van der Waals surface area contributed by atoms with Gasteiger partial charge in [0, 0.05) is 51.7 Å². The summed E-state index contributed by atoms with van der Waals surface area (Å²) in [5.41, 5.74) is 12.0. The number of nitrogens with zero attached hydrogens (tertiary/aromatic N) is 5. The summed E-state index contributed by atoms with van der Waals surface area (Å²) in [5.74, 6) is 0.233. The summed E-state index contributed by atoms with van der Waals surface area (Å²) in [5, 5.41) is 30.5. The Labute approximate surface area is 299 Å². The first-order chi connectivity index (χ1) is 25.0. The van der Waals surface area contributed by atoms with Gasteiger partial charge in [-0.05, 0) is 96.5 Å². The zero-order valence-corrected chi connectivity index (χ0v) is 28.4. The van der Waals surface area contributed by atoms with E-state index in [1.807, 2.05) is 18.2 Å². The molecule has 6 aliphatic rings. The van der Waals surface area contributed by atoms with Crippen molar-refractivity contribution in [2.75, 3.05) is 9.80 Å². The van der Waals surface area contributed by atoms with Crippen LogP contribution in [-0.4, -0.2) is 11.6 Å². The molecule has 2 aliphatic heterocycles. The van der Waals surface area contributed by atoms with Crippen molar-refractivity contribution < 1.29 is 0 Å². The Hall–Kier alpha value is -6.35. The van der Waals surface area contributed by atoms with Crippen molar-refractivity contribution in [1.29, 1.82) is 15.8 Å². The maximum atomic E-state index is 10.6. The van der Waals surface area contributed by atoms with Crippen LogP contribution in [0.15, 0.2) is 162 Å². The smallest absolute Gasteiger partial charge is 0.0972 e. The van der Waals surface area contributed by atoms with Gasteiger partial charge in [0.1, 0.15) is 0 Å². The Bertz CT molecular complexity index is 2370. The van der Waals surface area contributed by atoms with Crippen LogP contribution in [0.3, 0.4) is 0 Å². The quantitative estimate of drug-likeness (QED) is 0.279. The number of hydrogen-bond donors (Lipinski definition) is 0. The van der Waals surface area contributed by atoms with Crippen molar-refractivity contribution in [2.45, 2.75) is 49.6 Å². The number of allylic oxidation sites excluding steroid dienone is 11. The van der Waals surface area contributed by atoms with Crippen molar-refractivity contribution in [3.05, 3.63) is 178 Å². The fraction of sp³-hybridized carbons (Fsp3) is 0.196. The van der Waals surface area contributed by atoms with Crippen LogP contribution >= 0.6 is 0 Å². The van der Waals surface area contributed by atoms with E-state index in [9.17, 15) is 15.8 Å². The molecule has 0 radical (unpaired) electrons. The molecular weight excluding hydrogens is 623 g/mol. The topological polar surface area (TPSA) is 77.8 Å². The first-order valence-electron chi connectivity index (χ1n) is 17.7. The molecule has 5 atom stereocenters. The second-order valence-corrected chi connectivity index (χ2v) is 14.2. The molecule has 0 amide bonds. The first-order valence-corrected chi connectivity index (χ1v) is 17.7. The van der Waals surface area contributed by atoms with Crippen LogP contribution in [0.1, 0.15) is 54.7 Å². The van der Waals surface area contributed by atoms with Crippen molar-refractivity contribution in [3.8, 4) is 18.2 Å². The average Bonchev–Trinajstić information content (AvgIpc) is 3.66. The maximum Gasteiger partial charge on any atom is 0.0972 e. The highest BCUT2D eigenvalue weighted by molar-refractivity contribution is 5.82. The number of hydrogen-bond acceptors (Lipinski definition) is 5. The molecule has 0 saturated carbocycles. The second kappa shape index (κ2) is 11.9. The molecule has 0 bridgehead atoms. The lowest BCUT2D eigenvalue weighted by molar-refractivity contribution is 0.478. The largest absolute Gasteiger partial charge is 0.333 e. The summed E-state index contributed by atoms with van der Waals surface area (Å²) in [6, 6.07) is 33.4. The fourth-order valence-electron chi connectivity index (χ4n) is 9.32. The van der Waals surface area contributed by atoms with Gasteiger partial charge >= 0.3 is 0 Å². The van der Waals surface area contributed by atoms with E-state index >= 15 is 0 Å². The maximum absolute atomic E-state index is 10.6. The Kier molecular flexibility index (Phi) is 7.17. The molecular formula is C46H35N5. The molecule has 244 valence electrons. The average molecular weight is 658 g/mol. The van der Waals surface area contributed by atoms with Crippen molar-refractivity contribution in [1.82, 2.24) is 0 Å². The number of para-hydroxylation sites is 2. The van der Waals surface area contributed by atoms with Crippen LogP contribution in [0.5, 0.6) is 0 Å². The summed E-state index contributed by atoms with van der Waals surface area (Å²) in [4.78, 5) is 4.79. The number of anilines is 3. The van der Waals surface area contributed by atoms with Crippen LogP contribution in [0.2, 0.25) is 0 Å². The lowest BCUT2D eigenvalue weighted by Crippen LogP contribution is -2.48. The molecule has 4 aliphatic carbocycles. The number of rotatable bonds is 4. The van der Waals surface area contributed by atoms with Crippen molar-refractivity contribution in [2.24, 2.45) is 5.92 Å². The first kappa shape index (κ1) is 30.7. The molecule has 2 heterocycles. The molecule has 5 unspecified atom stereocenters. The predicted octanol–water partition coefficient (Wildman–Crippen LogP) is 10.1. The summed E-state index contributed by atoms with van der Waals surface area (Å²) in [6.45, 7) is 2.15. The molecule has 3 aromatic carbocycles. The van der Waals surface area contributed by atoms with E-state index in [2.05, 4.69) is 150 Å². The SMILES string of the molecule is CC12C(C#N)=CC=CC1C1=C(CCC(C#N)=C1)N2c1ccc(C2=CCC(c3ccccc3N3c4ccccc4C4C=CC=CC43)C(C#N)=C2)cc1. The summed E-state index contributed by atoms with van der Waals surface area (Å²) < 4.78 is 0. The third-order valence-corrected chi connectivity index (χ3v) is 11.7. The second-order valence-electron chi connectivity index (χ2n) is 14.2. The van der Waals surface area contributed by atoms with Crippen molar-refractivity contribution in [3.63, 3.8) is 0 Å². The van der Waals surface area contributed by atoms with E-state index in [0.29, 0.717) is 17.9 Å². The van der Waals surface area contributed by atoms with E-state index in [0.717, 1.165) is 52.1 Å². The van der Waals surface area contributed by atoms with Gasteiger partial charge < -0.3 is 9.80 Å². The van der Waals surface area contributed by atoms with Gasteiger partial charge in [-0.15, -0.1) is 0 Å². The number of nitriles is 3. The van der Waals surface area contributed by atoms with Gasteiger partial charge in [-0.25, -0.2) is 0 Å². The molecule has 5 nitrogen and oxygen atoms in total. The molecule has 0 aromatic heterocycles. The standard InChI is InChI=1S/C46H35N5/c1-46-34(29-49)9-8-13-41(46)40-25-30(27-47)17-24-45(40)51(46)35-21-18-31(19-22-35)32-20-23-36(33(26-32)28-48)37-10-2-5-14-42(37)50-43-15-6-3-11-38(43)39-12-4-7-16-44(39)50/h2-16,18-22,25-26,36,38,41,43H,17,23-24H2,1H3. The summed E-state index contributed by atoms with van der Waals surface area (Å²) in [7, 11) is 0. The molecule has 3 aromatic rings. The number of fused-ring (bicyclic) bond motifs is 5. The Balaban J connectivity index is 1.04.